The Morgan fingerprint density at radius 1 is 1.12 bits per heavy atom. The van der Waals surface area contributed by atoms with E-state index >= 15 is 0 Å². The summed E-state index contributed by atoms with van der Waals surface area (Å²) in [4.78, 5) is 15.1. The highest BCUT2D eigenvalue weighted by Crippen LogP contribution is 2.35. The average molecular weight is 478 g/mol. The van der Waals surface area contributed by atoms with Gasteiger partial charge in [0.05, 0.1) is 23.9 Å². The van der Waals surface area contributed by atoms with Gasteiger partial charge in [-0.1, -0.05) is 29.8 Å². The molecule has 4 rings (SSSR count). The molecule has 0 saturated carbocycles. The molecular formula is C23H28ClN3O4S. The van der Waals surface area contributed by atoms with Crippen molar-refractivity contribution >= 4 is 33.2 Å². The minimum absolute atomic E-state index is 0.0593. The van der Waals surface area contributed by atoms with Crippen LogP contribution in [0.15, 0.2) is 47.4 Å². The van der Waals surface area contributed by atoms with E-state index in [1.165, 1.54) is 16.4 Å². The molecule has 32 heavy (non-hydrogen) atoms. The molecule has 1 saturated heterocycles. The van der Waals surface area contributed by atoms with Gasteiger partial charge in [0.15, 0.2) is 0 Å². The Morgan fingerprint density at radius 2 is 1.84 bits per heavy atom. The van der Waals surface area contributed by atoms with Crippen LogP contribution < -0.4 is 9.62 Å². The number of halogens is 1. The number of morpholine rings is 1. The summed E-state index contributed by atoms with van der Waals surface area (Å²) in [6.45, 7) is 7.89. The zero-order valence-electron chi connectivity index (χ0n) is 18.3. The fourth-order valence-corrected chi connectivity index (χ4v) is 6.20. The maximum absolute atomic E-state index is 13.4. The van der Waals surface area contributed by atoms with Gasteiger partial charge in [-0.2, -0.15) is 0 Å². The van der Waals surface area contributed by atoms with E-state index in [0.29, 0.717) is 38.4 Å². The number of benzene rings is 2. The van der Waals surface area contributed by atoms with Gasteiger partial charge < -0.3 is 10.1 Å². The first kappa shape index (κ1) is 23.0. The second kappa shape index (κ2) is 9.02. The van der Waals surface area contributed by atoms with Gasteiger partial charge in [-0.3, -0.25) is 14.0 Å². The van der Waals surface area contributed by atoms with E-state index in [-0.39, 0.29) is 26.9 Å². The number of carbonyl (C=O) groups is 1. The van der Waals surface area contributed by atoms with Gasteiger partial charge in [0.1, 0.15) is 4.90 Å². The molecule has 0 radical (unpaired) electrons. The predicted molar refractivity (Wildman–Crippen MR) is 125 cm³/mol. The summed E-state index contributed by atoms with van der Waals surface area (Å²) in [5.74, 6) is -0.332. The lowest BCUT2D eigenvalue weighted by atomic mass is 10.0. The van der Waals surface area contributed by atoms with E-state index in [9.17, 15) is 13.2 Å². The van der Waals surface area contributed by atoms with E-state index in [2.05, 4.69) is 24.1 Å². The lowest BCUT2D eigenvalue weighted by molar-refractivity contribution is -0.00923. The summed E-state index contributed by atoms with van der Waals surface area (Å²) >= 11 is 6.29. The topological polar surface area (TPSA) is 79.0 Å². The summed E-state index contributed by atoms with van der Waals surface area (Å²) in [6, 6.07) is 11.8. The standard InChI is InChI=1S/C23H28ClN3O4S/c1-23(2,26-11-13-31-14-12-26)16-25-22(28)18-7-8-19(24)21(15-18)32(29,30)27-10-9-17-5-3-4-6-20(17)27/h3-8,15H,9-14,16H2,1-2H3,(H,25,28). The summed E-state index contributed by atoms with van der Waals surface area (Å²) in [5, 5.41) is 3.04. The number of rotatable bonds is 6. The molecule has 0 unspecified atom stereocenters. The minimum Gasteiger partial charge on any atom is -0.379 e. The van der Waals surface area contributed by atoms with Crippen molar-refractivity contribution < 1.29 is 17.9 Å². The average Bonchev–Trinajstić information content (AvgIpc) is 3.23. The molecule has 0 aromatic heterocycles. The number of fused-ring (bicyclic) bond motifs is 1. The number of nitrogens with zero attached hydrogens (tertiary/aromatic N) is 2. The number of amides is 1. The van der Waals surface area contributed by atoms with Crippen molar-refractivity contribution in [2.75, 3.05) is 43.7 Å². The maximum Gasteiger partial charge on any atom is 0.265 e. The molecule has 9 heteroatoms. The SMILES string of the molecule is CC(C)(CNC(=O)c1ccc(Cl)c(S(=O)(=O)N2CCc3ccccc32)c1)N1CCOCC1. The number of carbonyl (C=O) groups excluding carboxylic acids is 1. The number of sulfonamides is 1. The van der Waals surface area contributed by atoms with Crippen molar-refractivity contribution in [2.24, 2.45) is 0 Å². The van der Waals surface area contributed by atoms with Gasteiger partial charge in [-0.15, -0.1) is 0 Å². The van der Waals surface area contributed by atoms with Crippen LogP contribution in [0.25, 0.3) is 0 Å². The molecule has 2 aliphatic heterocycles. The largest absolute Gasteiger partial charge is 0.379 e. The van der Waals surface area contributed by atoms with Crippen LogP contribution in [0.5, 0.6) is 0 Å². The molecule has 7 nitrogen and oxygen atoms in total. The number of hydrogen-bond acceptors (Lipinski definition) is 5. The molecule has 2 aromatic carbocycles. The molecule has 0 bridgehead atoms. The third-order valence-electron chi connectivity index (χ3n) is 6.15. The van der Waals surface area contributed by atoms with Gasteiger partial charge >= 0.3 is 0 Å². The number of para-hydroxylation sites is 1. The lowest BCUT2D eigenvalue weighted by Gasteiger charge is -2.40. The fraction of sp³-hybridized carbons (Fsp3) is 0.435. The minimum atomic E-state index is -3.90. The molecule has 2 aromatic rings. The quantitative estimate of drug-likeness (QED) is 0.692. The van der Waals surface area contributed by atoms with Gasteiger partial charge in [0.2, 0.25) is 0 Å². The van der Waals surface area contributed by atoms with E-state index in [1.54, 1.807) is 12.1 Å². The van der Waals surface area contributed by atoms with Crippen molar-refractivity contribution in [1.29, 1.82) is 0 Å². The summed E-state index contributed by atoms with van der Waals surface area (Å²) in [5.41, 5.74) is 1.65. The number of anilines is 1. The third kappa shape index (κ3) is 4.50. The Balaban J connectivity index is 1.53. The van der Waals surface area contributed by atoms with E-state index in [4.69, 9.17) is 16.3 Å². The molecule has 1 fully saturated rings. The smallest absolute Gasteiger partial charge is 0.265 e. The van der Waals surface area contributed by atoms with Crippen LogP contribution in [0.2, 0.25) is 5.02 Å². The fourth-order valence-electron chi connectivity index (χ4n) is 4.20. The second-order valence-electron chi connectivity index (χ2n) is 8.70. The molecule has 0 spiro atoms. The molecule has 0 aliphatic carbocycles. The van der Waals surface area contributed by atoms with Crippen LogP contribution in [0, 0.1) is 0 Å². The molecule has 1 amide bonds. The summed E-state index contributed by atoms with van der Waals surface area (Å²) in [7, 11) is -3.90. The Kier molecular flexibility index (Phi) is 6.49. The molecular weight excluding hydrogens is 450 g/mol. The Bertz CT molecular complexity index is 1110. The highest BCUT2D eigenvalue weighted by molar-refractivity contribution is 7.93. The van der Waals surface area contributed by atoms with E-state index < -0.39 is 10.0 Å². The number of hydrogen-bond donors (Lipinski definition) is 1. The van der Waals surface area contributed by atoms with Crippen molar-refractivity contribution in [3.63, 3.8) is 0 Å². The molecule has 0 atom stereocenters. The highest BCUT2D eigenvalue weighted by atomic mass is 35.5. The Hall–Kier alpha value is -2.13. The first-order valence-corrected chi connectivity index (χ1v) is 12.5. The Morgan fingerprint density at radius 3 is 2.59 bits per heavy atom. The molecule has 1 N–H and O–H groups in total. The first-order valence-electron chi connectivity index (χ1n) is 10.7. The zero-order chi connectivity index (χ0) is 22.9. The van der Waals surface area contributed by atoms with Crippen LogP contribution >= 0.6 is 11.6 Å². The monoisotopic (exact) mass is 477 g/mol. The molecule has 2 heterocycles. The van der Waals surface area contributed by atoms with Gasteiger partial charge in [0, 0.05) is 37.3 Å². The molecule has 2 aliphatic rings. The van der Waals surface area contributed by atoms with Crippen LogP contribution in [0.3, 0.4) is 0 Å². The van der Waals surface area contributed by atoms with E-state index in [1.807, 2.05) is 18.2 Å². The van der Waals surface area contributed by atoms with Crippen LogP contribution in [0.4, 0.5) is 5.69 Å². The number of ether oxygens (including phenoxy) is 1. The lowest BCUT2D eigenvalue weighted by Crippen LogP contribution is -2.55. The maximum atomic E-state index is 13.4. The third-order valence-corrected chi connectivity index (χ3v) is 8.45. The van der Waals surface area contributed by atoms with Gasteiger partial charge in [0.25, 0.3) is 15.9 Å². The van der Waals surface area contributed by atoms with Crippen molar-refractivity contribution in [1.82, 2.24) is 10.2 Å². The van der Waals surface area contributed by atoms with Crippen molar-refractivity contribution in [2.45, 2.75) is 30.7 Å². The van der Waals surface area contributed by atoms with Crippen LogP contribution in [0.1, 0.15) is 29.8 Å². The van der Waals surface area contributed by atoms with Gasteiger partial charge in [-0.25, -0.2) is 8.42 Å². The van der Waals surface area contributed by atoms with Crippen molar-refractivity contribution in [3.05, 3.63) is 58.6 Å². The highest BCUT2D eigenvalue weighted by Gasteiger charge is 2.33. The summed E-state index contributed by atoms with van der Waals surface area (Å²) < 4.78 is 33.6. The molecule has 172 valence electrons. The van der Waals surface area contributed by atoms with Gasteiger partial charge in [-0.05, 0) is 50.1 Å². The van der Waals surface area contributed by atoms with Crippen LogP contribution in [-0.2, 0) is 21.2 Å². The van der Waals surface area contributed by atoms with Crippen molar-refractivity contribution in [3.8, 4) is 0 Å². The predicted octanol–water partition coefficient (Wildman–Crippen LogP) is 2.93. The summed E-state index contributed by atoms with van der Waals surface area (Å²) in [6.07, 6.45) is 0.643. The normalized spacial score (nSPS) is 17.3. The zero-order valence-corrected chi connectivity index (χ0v) is 19.9. The first-order chi connectivity index (χ1) is 15.2. The Labute approximate surface area is 194 Å². The number of nitrogens with one attached hydrogen (secondary N) is 1. The van der Waals surface area contributed by atoms with E-state index in [0.717, 1.165) is 18.7 Å². The second-order valence-corrected chi connectivity index (χ2v) is 10.9. The van der Waals surface area contributed by atoms with Crippen LogP contribution in [-0.4, -0.2) is 64.2 Å².